The summed E-state index contributed by atoms with van der Waals surface area (Å²) in [7, 11) is 1.64. The third-order valence-corrected chi connectivity index (χ3v) is 6.33. The Morgan fingerprint density at radius 2 is 1.52 bits per heavy atom. The Morgan fingerprint density at radius 3 is 1.93 bits per heavy atom. The van der Waals surface area contributed by atoms with Crippen LogP contribution in [0.2, 0.25) is 0 Å². The molecule has 29 heavy (non-hydrogen) atoms. The van der Waals surface area contributed by atoms with Crippen LogP contribution in [0.4, 0.5) is 0 Å². The van der Waals surface area contributed by atoms with E-state index in [1.165, 1.54) is 5.56 Å². The van der Waals surface area contributed by atoms with Crippen molar-refractivity contribution in [3.63, 3.8) is 0 Å². The van der Waals surface area contributed by atoms with Crippen molar-refractivity contribution in [3.05, 3.63) is 40.1 Å². The van der Waals surface area contributed by atoms with Gasteiger partial charge in [0, 0.05) is 25.9 Å². The summed E-state index contributed by atoms with van der Waals surface area (Å²) in [6.45, 7) is 14.1. The summed E-state index contributed by atoms with van der Waals surface area (Å²) in [5.74, 6) is 0.526. The summed E-state index contributed by atoms with van der Waals surface area (Å²) in [5, 5.41) is 13.1. The predicted octanol–water partition coefficient (Wildman–Crippen LogP) is 5.28. The topological polar surface area (TPSA) is 59.0 Å². The average molecular weight is 402 g/mol. The van der Waals surface area contributed by atoms with Crippen molar-refractivity contribution >= 4 is 11.5 Å². The van der Waals surface area contributed by atoms with Crippen molar-refractivity contribution in [1.29, 1.82) is 0 Å². The Balaban J connectivity index is 2.19. The van der Waals surface area contributed by atoms with Crippen LogP contribution < -0.4 is 0 Å². The molecule has 0 bridgehead atoms. The number of hydrogen-bond donors (Lipinski definition) is 1. The largest absolute Gasteiger partial charge is 0.507 e. The quantitative estimate of drug-likeness (QED) is 0.680. The van der Waals surface area contributed by atoms with Crippen LogP contribution in [0.3, 0.4) is 0 Å². The molecule has 0 aromatic heterocycles. The number of carbonyl (C=O) groups is 1. The molecule has 0 amide bonds. The Bertz CT molecular complexity index is 785. The number of hydrogen-bond acceptors (Lipinski definition) is 5. The molecule has 160 valence electrons. The average Bonchev–Trinajstić information content (AvgIpc) is 2.90. The van der Waals surface area contributed by atoms with Crippen LogP contribution in [0.25, 0.3) is 5.57 Å². The molecule has 3 rings (SSSR count). The smallest absolute Gasteiger partial charge is 0.343 e. The molecule has 5 heteroatoms. The molecule has 1 spiro atoms. The molecule has 0 radical (unpaired) electrons. The third kappa shape index (κ3) is 3.82. The minimum Gasteiger partial charge on any atom is -0.507 e. The lowest BCUT2D eigenvalue weighted by Crippen LogP contribution is -2.45. The number of aliphatic hydroxyl groups excluding tert-OH is 1. The highest BCUT2D eigenvalue weighted by Crippen LogP contribution is 2.46. The number of benzene rings is 1. The molecule has 1 aromatic carbocycles. The molecule has 2 aliphatic heterocycles. The second kappa shape index (κ2) is 8.11. The van der Waals surface area contributed by atoms with Gasteiger partial charge in [-0.15, -0.1) is 0 Å². The van der Waals surface area contributed by atoms with E-state index < -0.39 is 11.6 Å². The van der Waals surface area contributed by atoms with E-state index in [4.69, 9.17) is 9.57 Å². The highest BCUT2D eigenvalue weighted by atomic mass is 16.7. The van der Waals surface area contributed by atoms with Crippen molar-refractivity contribution in [2.45, 2.75) is 77.7 Å². The molecule has 2 aliphatic rings. The number of piperidine rings is 1. The monoisotopic (exact) mass is 401 g/mol. The van der Waals surface area contributed by atoms with Crippen molar-refractivity contribution in [1.82, 2.24) is 5.06 Å². The lowest BCUT2D eigenvalue weighted by atomic mass is 9.80. The SMILES string of the molecule is CON1CCC2(CC1)OC(=O)C(c1c(C(C)C)cc(C(C)C)cc1C(C)C)=C2O. The van der Waals surface area contributed by atoms with Gasteiger partial charge in [0.1, 0.15) is 5.57 Å². The van der Waals surface area contributed by atoms with Crippen LogP contribution in [0, 0.1) is 0 Å². The van der Waals surface area contributed by atoms with Crippen molar-refractivity contribution in [2.24, 2.45) is 0 Å². The molecule has 1 N–H and O–H groups in total. The lowest BCUT2D eigenvalue weighted by Gasteiger charge is -2.36. The van der Waals surface area contributed by atoms with Gasteiger partial charge in [0.15, 0.2) is 11.4 Å². The zero-order chi connectivity index (χ0) is 21.5. The van der Waals surface area contributed by atoms with Gasteiger partial charge in [-0.2, -0.15) is 5.06 Å². The molecule has 1 fully saturated rings. The molecule has 0 aliphatic carbocycles. The van der Waals surface area contributed by atoms with E-state index in [0.717, 1.165) is 16.7 Å². The number of esters is 1. The molecule has 1 saturated heterocycles. The van der Waals surface area contributed by atoms with Gasteiger partial charge in [-0.3, -0.25) is 0 Å². The van der Waals surface area contributed by atoms with E-state index in [2.05, 4.69) is 53.7 Å². The Morgan fingerprint density at radius 1 is 1.00 bits per heavy atom. The highest BCUT2D eigenvalue weighted by molar-refractivity contribution is 6.20. The number of nitrogens with zero attached hydrogens (tertiary/aromatic N) is 1. The van der Waals surface area contributed by atoms with Crippen LogP contribution in [0.15, 0.2) is 17.9 Å². The summed E-state index contributed by atoms with van der Waals surface area (Å²) >= 11 is 0. The minimum atomic E-state index is -0.930. The summed E-state index contributed by atoms with van der Waals surface area (Å²) < 4.78 is 5.86. The number of hydroxylamine groups is 2. The van der Waals surface area contributed by atoms with Gasteiger partial charge < -0.3 is 14.7 Å². The summed E-state index contributed by atoms with van der Waals surface area (Å²) in [5.41, 5.74) is 3.76. The fourth-order valence-corrected chi connectivity index (χ4v) is 4.44. The molecule has 0 saturated carbocycles. The van der Waals surface area contributed by atoms with E-state index in [-0.39, 0.29) is 17.6 Å². The summed E-state index contributed by atoms with van der Waals surface area (Å²) in [4.78, 5) is 18.4. The zero-order valence-electron chi connectivity index (χ0n) is 18.8. The molecular weight excluding hydrogens is 366 g/mol. The fourth-order valence-electron chi connectivity index (χ4n) is 4.44. The number of carbonyl (C=O) groups excluding carboxylic acids is 1. The molecular formula is C24H35NO4. The highest BCUT2D eigenvalue weighted by Gasteiger charge is 2.51. The van der Waals surface area contributed by atoms with Crippen LogP contribution >= 0.6 is 0 Å². The first kappa shape index (κ1) is 21.8. The molecule has 0 unspecified atom stereocenters. The summed E-state index contributed by atoms with van der Waals surface area (Å²) in [6, 6.07) is 4.39. The maximum atomic E-state index is 13.1. The third-order valence-electron chi connectivity index (χ3n) is 6.33. The zero-order valence-corrected chi connectivity index (χ0v) is 18.8. The van der Waals surface area contributed by atoms with E-state index in [1.54, 1.807) is 7.11 Å². The van der Waals surface area contributed by atoms with E-state index >= 15 is 0 Å². The Hall–Kier alpha value is -1.85. The van der Waals surface area contributed by atoms with Crippen molar-refractivity contribution in [3.8, 4) is 0 Å². The van der Waals surface area contributed by atoms with Crippen LogP contribution in [-0.2, 0) is 14.4 Å². The Labute approximate surface area is 174 Å². The van der Waals surface area contributed by atoms with E-state index in [1.807, 2.05) is 5.06 Å². The van der Waals surface area contributed by atoms with Gasteiger partial charge in [0.2, 0.25) is 0 Å². The first-order valence-corrected chi connectivity index (χ1v) is 10.8. The van der Waals surface area contributed by atoms with Gasteiger partial charge >= 0.3 is 5.97 Å². The number of aliphatic hydroxyl groups is 1. The standard InChI is InChI=1S/C24H35NO4/c1-14(2)17-12-18(15(3)4)20(19(13-17)16(5)6)21-22(26)24(29-23(21)27)8-10-25(28-7)11-9-24/h12-16,26H,8-11H2,1-7H3. The maximum absolute atomic E-state index is 13.1. The van der Waals surface area contributed by atoms with Crippen molar-refractivity contribution in [2.75, 3.05) is 20.2 Å². The van der Waals surface area contributed by atoms with Crippen LogP contribution in [-0.4, -0.2) is 41.9 Å². The van der Waals surface area contributed by atoms with Gasteiger partial charge in [0.05, 0.1) is 7.11 Å². The van der Waals surface area contributed by atoms with Gasteiger partial charge in [-0.1, -0.05) is 53.7 Å². The molecule has 2 heterocycles. The van der Waals surface area contributed by atoms with Crippen LogP contribution in [0.5, 0.6) is 0 Å². The number of rotatable bonds is 5. The molecule has 5 nitrogen and oxygen atoms in total. The van der Waals surface area contributed by atoms with E-state index in [9.17, 15) is 9.90 Å². The fraction of sp³-hybridized carbons (Fsp3) is 0.625. The second-order valence-corrected chi connectivity index (χ2v) is 9.26. The normalized spacial score (nSPS) is 19.9. The lowest BCUT2D eigenvalue weighted by molar-refractivity contribution is -0.182. The predicted molar refractivity (Wildman–Crippen MR) is 115 cm³/mol. The van der Waals surface area contributed by atoms with E-state index in [0.29, 0.717) is 37.4 Å². The van der Waals surface area contributed by atoms with Crippen molar-refractivity contribution < 1.29 is 19.5 Å². The van der Waals surface area contributed by atoms with Gasteiger partial charge in [-0.25, -0.2) is 4.79 Å². The van der Waals surface area contributed by atoms with Gasteiger partial charge in [0.25, 0.3) is 0 Å². The minimum absolute atomic E-state index is 0.0966. The number of ether oxygens (including phenoxy) is 1. The second-order valence-electron chi connectivity index (χ2n) is 9.26. The first-order valence-electron chi connectivity index (χ1n) is 10.8. The van der Waals surface area contributed by atoms with Gasteiger partial charge in [-0.05, 0) is 40.0 Å². The summed E-state index contributed by atoms with van der Waals surface area (Å²) in [6.07, 6.45) is 1.06. The molecule has 1 aromatic rings. The van der Waals surface area contributed by atoms with Crippen LogP contribution in [0.1, 0.15) is 94.4 Å². The molecule has 0 atom stereocenters. The maximum Gasteiger partial charge on any atom is 0.343 e. The first-order chi connectivity index (χ1) is 13.6. The Kier molecular flexibility index (Phi) is 6.11.